The van der Waals surface area contributed by atoms with E-state index in [2.05, 4.69) is 29.2 Å². The second-order valence-corrected chi connectivity index (χ2v) is 8.38. The molecule has 1 aromatic carbocycles. The lowest BCUT2D eigenvalue weighted by atomic mass is 9.91. The van der Waals surface area contributed by atoms with Crippen LogP contribution in [0.1, 0.15) is 32.1 Å². The zero-order valence-corrected chi connectivity index (χ0v) is 17.3. The first-order valence-electron chi connectivity index (χ1n) is 10.5. The van der Waals surface area contributed by atoms with Gasteiger partial charge in [0.2, 0.25) is 11.8 Å². The summed E-state index contributed by atoms with van der Waals surface area (Å²) in [6.45, 7) is 4.73. The highest BCUT2D eigenvalue weighted by Gasteiger charge is 2.28. The van der Waals surface area contributed by atoms with Gasteiger partial charge in [0.1, 0.15) is 0 Å². The normalized spacial score (nSPS) is 22.2. The summed E-state index contributed by atoms with van der Waals surface area (Å²) in [6.07, 6.45) is 4.07. The van der Waals surface area contributed by atoms with Gasteiger partial charge in [-0.15, -0.1) is 0 Å². The van der Waals surface area contributed by atoms with Crippen LogP contribution in [0.25, 0.3) is 0 Å². The zero-order chi connectivity index (χ0) is 19.9. The Balaban J connectivity index is 1.36. The lowest BCUT2D eigenvalue weighted by molar-refractivity contribution is -0.134. The Morgan fingerprint density at radius 3 is 2.46 bits per heavy atom. The monoisotopic (exact) mass is 386 g/mol. The molecular formula is C22H34N4O2. The third kappa shape index (κ3) is 6.04. The van der Waals surface area contributed by atoms with E-state index in [1.807, 2.05) is 35.2 Å². The molecule has 1 aromatic rings. The number of carbonyl (C=O) groups excluding carboxylic acids is 2. The number of rotatable bonds is 6. The first kappa shape index (κ1) is 20.8. The Morgan fingerprint density at radius 2 is 1.75 bits per heavy atom. The third-order valence-corrected chi connectivity index (χ3v) is 6.19. The summed E-state index contributed by atoms with van der Waals surface area (Å²) in [5, 5.41) is 2.95. The van der Waals surface area contributed by atoms with Crippen LogP contribution in [0.3, 0.4) is 0 Å². The molecule has 3 rings (SSSR count). The van der Waals surface area contributed by atoms with Crippen molar-refractivity contribution >= 4 is 17.5 Å². The van der Waals surface area contributed by atoms with E-state index in [0.717, 1.165) is 57.7 Å². The number of nitrogens with one attached hydrogen (secondary N) is 1. The van der Waals surface area contributed by atoms with Crippen LogP contribution in [0, 0.1) is 5.92 Å². The highest BCUT2D eigenvalue weighted by molar-refractivity contribution is 5.90. The van der Waals surface area contributed by atoms with Crippen molar-refractivity contribution in [1.82, 2.24) is 14.7 Å². The number of piperazine rings is 1. The molecule has 2 aliphatic rings. The minimum absolute atomic E-state index is 0.0779. The molecule has 2 heterocycles. The van der Waals surface area contributed by atoms with Crippen LogP contribution in [0.2, 0.25) is 0 Å². The lowest BCUT2D eigenvalue weighted by Gasteiger charge is -2.39. The Kier molecular flexibility index (Phi) is 7.45. The number of likely N-dealkylation sites (tertiary alicyclic amines) is 1. The highest BCUT2D eigenvalue weighted by atomic mass is 16.2. The predicted octanol–water partition coefficient (Wildman–Crippen LogP) is 2.28. The largest absolute Gasteiger partial charge is 0.343 e. The zero-order valence-electron chi connectivity index (χ0n) is 17.3. The van der Waals surface area contributed by atoms with Gasteiger partial charge in [-0.25, -0.2) is 0 Å². The van der Waals surface area contributed by atoms with Gasteiger partial charge in [-0.3, -0.25) is 9.59 Å². The first-order chi connectivity index (χ1) is 13.5. The van der Waals surface area contributed by atoms with Crippen LogP contribution >= 0.6 is 0 Å². The van der Waals surface area contributed by atoms with Crippen molar-refractivity contribution in [3.05, 3.63) is 30.3 Å². The maximum atomic E-state index is 12.7. The van der Waals surface area contributed by atoms with E-state index in [4.69, 9.17) is 0 Å². The number of hydrogen-bond donors (Lipinski definition) is 1. The van der Waals surface area contributed by atoms with Crippen molar-refractivity contribution in [3.8, 4) is 0 Å². The molecule has 1 atom stereocenters. The smallest absolute Gasteiger partial charge is 0.224 e. The van der Waals surface area contributed by atoms with E-state index < -0.39 is 0 Å². The topological polar surface area (TPSA) is 55.9 Å². The number of piperidine rings is 1. The summed E-state index contributed by atoms with van der Waals surface area (Å²) in [7, 11) is 4.25. The molecule has 2 saturated heterocycles. The summed E-state index contributed by atoms with van der Waals surface area (Å²) in [4.78, 5) is 31.5. The van der Waals surface area contributed by atoms with Crippen LogP contribution in [0.4, 0.5) is 5.69 Å². The quantitative estimate of drug-likeness (QED) is 0.815. The molecule has 0 bridgehead atoms. The second-order valence-electron chi connectivity index (χ2n) is 8.38. The van der Waals surface area contributed by atoms with Gasteiger partial charge in [-0.1, -0.05) is 18.2 Å². The molecule has 0 spiro atoms. The van der Waals surface area contributed by atoms with Gasteiger partial charge in [-0.05, 0) is 51.4 Å². The van der Waals surface area contributed by atoms with Crippen molar-refractivity contribution in [1.29, 1.82) is 0 Å². The van der Waals surface area contributed by atoms with E-state index in [9.17, 15) is 9.59 Å². The van der Waals surface area contributed by atoms with Crippen molar-refractivity contribution in [2.75, 3.05) is 52.1 Å². The summed E-state index contributed by atoms with van der Waals surface area (Å²) < 4.78 is 0. The molecule has 0 aromatic heterocycles. The van der Waals surface area contributed by atoms with Gasteiger partial charge in [0.25, 0.3) is 0 Å². The number of para-hydroxylation sites is 1. The molecular weight excluding hydrogens is 352 g/mol. The lowest BCUT2D eigenvalue weighted by Crippen LogP contribution is -2.52. The SMILES string of the molecule is CN1CCN(C)[C@@H](CC(=O)N2CCC(CCC(=O)Nc3ccccc3)CC2)C1. The second kappa shape index (κ2) is 10.0. The van der Waals surface area contributed by atoms with Crippen LogP contribution in [0.5, 0.6) is 0 Å². The molecule has 0 saturated carbocycles. The predicted molar refractivity (Wildman–Crippen MR) is 112 cm³/mol. The fourth-order valence-electron chi connectivity index (χ4n) is 4.20. The summed E-state index contributed by atoms with van der Waals surface area (Å²) in [6, 6.07) is 9.92. The number of hydrogen-bond acceptors (Lipinski definition) is 4. The third-order valence-electron chi connectivity index (χ3n) is 6.19. The average molecular weight is 387 g/mol. The van der Waals surface area contributed by atoms with Gasteiger partial charge in [0.05, 0.1) is 0 Å². The number of anilines is 1. The molecule has 2 fully saturated rings. The Hall–Kier alpha value is -1.92. The van der Waals surface area contributed by atoms with Gasteiger partial charge in [-0.2, -0.15) is 0 Å². The van der Waals surface area contributed by atoms with E-state index in [1.54, 1.807) is 0 Å². The van der Waals surface area contributed by atoms with Gasteiger partial charge >= 0.3 is 0 Å². The van der Waals surface area contributed by atoms with E-state index in [-0.39, 0.29) is 11.8 Å². The number of amides is 2. The average Bonchev–Trinajstić information content (AvgIpc) is 2.70. The highest BCUT2D eigenvalue weighted by Crippen LogP contribution is 2.23. The fraction of sp³-hybridized carbons (Fsp3) is 0.636. The van der Waals surface area contributed by atoms with Crippen molar-refractivity contribution in [2.24, 2.45) is 5.92 Å². The van der Waals surface area contributed by atoms with E-state index in [1.165, 1.54) is 0 Å². The standard InChI is InChI=1S/C22H34N4O2/c1-24-14-15-25(2)20(17-24)16-22(28)26-12-10-18(11-13-26)8-9-21(27)23-19-6-4-3-5-7-19/h3-7,18,20H,8-17H2,1-2H3,(H,23,27)/t20-/m0/s1. The molecule has 2 amide bonds. The maximum Gasteiger partial charge on any atom is 0.224 e. The Bertz CT molecular complexity index is 643. The van der Waals surface area contributed by atoms with Gasteiger partial charge in [0.15, 0.2) is 0 Å². The number of nitrogens with zero attached hydrogens (tertiary/aromatic N) is 3. The van der Waals surface area contributed by atoms with Gasteiger partial charge in [0, 0.05) is 57.3 Å². The van der Waals surface area contributed by atoms with Crippen LogP contribution in [-0.4, -0.2) is 79.4 Å². The molecule has 0 unspecified atom stereocenters. The summed E-state index contributed by atoms with van der Waals surface area (Å²) in [5.41, 5.74) is 0.853. The Morgan fingerprint density at radius 1 is 1.04 bits per heavy atom. The Labute approximate surface area is 168 Å². The van der Waals surface area contributed by atoms with Crippen LogP contribution < -0.4 is 5.32 Å². The first-order valence-corrected chi connectivity index (χ1v) is 10.5. The van der Waals surface area contributed by atoms with E-state index in [0.29, 0.717) is 24.8 Å². The van der Waals surface area contributed by atoms with Gasteiger partial charge < -0.3 is 20.0 Å². The molecule has 6 nitrogen and oxygen atoms in total. The van der Waals surface area contributed by atoms with Crippen molar-refractivity contribution in [3.63, 3.8) is 0 Å². The molecule has 28 heavy (non-hydrogen) atoms. The maximum absolute atomic E-state index is 12.7. The minimum atomic E-state index is 0.0779. The minimum Gasteiger partial charge on any atom is -0.343 e. The summed E-state index contributed by atoms with van der Waals surface area (Å²) in [5.74, 6) is 0.899. The number of carbonyl (C=O) groups is 2. The molecule has 6 heteroatoms. The van der Waals surface area contributed by atoms with E-state index >= 15 is 0 Å². The number of benzene rings is 1. The van der Waals surface area contributed by atoms with Crippen LogP contribution in [-0.2, 0) is 9.59 Å². The summed E-state index contributed by atoms with van der Waals surface area (Å²) >= 11 is 0. The molecule has 1 N–H and O–H groups in total. The molecule has 0 radical (unpaired) electrons. The van der Waals surface area contributed by atoms with Crippen molar-refractivity contribution < 1.29 is 9.59 Å². The molecule has 2 aliphatic heterocycles. The molecule has 154 valence electrons. The number of likely N-dealkylation sites (N-methyl/N-ethyl adjacent to an activating group) is 2. The van der Waals surface area contributed by atoms with Crippen LogP contribution in [0.15, 0.2) is 30.3 Å². The fourth-order valence-corrected chi connectivity index (χ4v) is 4.20. The molecule has 0 aliphatic carbocycles. The van der Waals surface area contributed by atoms with Crippen molar-refractivity contribution in [2.45, 2.75) is 38.1 Å².